The minimum atomic E-state index is -4.07. The maximum atomic E-state index is 13.8. The van der Waals surface area contributed by atoms with E-state index in [0.29, 0.717) is 5.56 Å². The van der Waals surface area contributed by atoms with Gasteiger partial charge in [-0.15, -0.1) is 11.6 Å². The molecular formula is C11H15ClFNO4S2. The topological polar surface area (TPSA) is 71.5 Å². The summed E-state index contributed by atoms with van der Waals surface area (Å²) in [5.41, 5.74) is 0.460. The second-order valence-corrected chi connectivity index (χ2v) is 8.90. The first-order valence-corrected chi connectivity index (χ1v) is 9.60. The number of nitrogens with zero attached hydrogens (tertiary/aromatic N) is 1. The molecule has 1 rings (SSSR count). The molecule has 0 heterocycles. The molecule has 5 nitrogen and oxygen atoms in total. The Hall–Kier alpha value is -0.700. The molecule has 0 saturated heterocycles. The smallest absolute Gasteiger partial charge is 0.229 e. The standard InChI is InChI=1S/C11H15ClFNO4S2/c1-14(5-6-19(2,15)16)20(17,18)11-4-3-9(8-12)7-10(11)13/h3-4,7H,5-6,8H2,1-2H3. The van der Waals surface area contributed by atoms with Gasteiger partial charge in [-0.2, -0.15) is 4.31 Å². The van der Waals surface area contributed by atoms with E-state index in [9.17, 15) is 21.2 Å². The Kier molecular flexibility index (Phi) is 5.54. The van der Waals surface area contributed by atoms with Gasteiger partial charge >= 0.3 is 0 Å². The lowest BCUT2D eigenvalue weighted by atomic mass is 10.2. The Morgan fingerprint density at radius 2 is 1.85 bits per heavy atom. The highest BCUT2D eigenvalue weighted by Gasteiger charge is 2.25. The third-order valence-electron chi connectivity index (χ3n) is 2.62. The Balaban J connectivity index is 3.04. The molecular weight excluding hydrogens is 329 g/mol. The monoisotopic (exact) mass is 343 g/mol. The highest BCUT2D eigenvalue weighted by atomic mass is 35.5. The first-order valence-electron chi connectivity index (χ1n) is 5.56. The van der Waals surface area contributed by atoms with Crippen molar-refractivity contribution in [1.29, 1.82) is 0 Å². The van der Waals surface area contributed by atoms with Crippen molar-refractivity contribution in [1.82, 2.24) is 4.31 Å². The Morgan fingerprint density at radius 3 is 2.30 bits per heavy atom. The van der Waals surface area contributed by atoms with E-state index in [1.165, 1.54) is 13.1 Å². The summed E-state index contributed by atoms with van der Waals surface area (Å²) in [7, 11) is -6.16. The van der Waals surface area contributed by atoms with Crippen molar-refractivity contribution < 1.29 is 21.2 Å². The second kappa shape index (κ2) is 6.38. The summed E-state index contributed by atoms with van der Waals surface area (Å²) >= 11 is 5.53. The second-order valence-electron chi connectivity index (χ2n) is 4.35. The average molecular weight is 344 g/mol. The number of halogens is 2. The van der Waals surface area contributed by atoms with Gasteiger partial charge in [0.05, 0.1) is 5.75 Å². The maximum Gasteiger partial charge on any atom is 0.245 e. The third kappa shape index (κ3) is 4.41. The van der Waals surface area contributed by atoms with Crippen LogP contribution in [0, 0.1) is 5.82 Å². The summed E-state index contributed by atoms with van der Waals surface area (Å²) in [6, 6.07) is 3.58. The van der Waals surface area contributed by atoms with Crippen LogP contribution in [-0.4, -0.2) is 46.7 Å². The van der Waals surface area contributed by atoms with Crippen LogP contribution in [0.4, 0.5) is 4.39 Å². The summed E-state index contributed by atoms with van der Waals surface area (Å²) in [4.78, 5) is -0.498. The summed E-state index contributed by atoms with van der Waals surface area (Å²) in [6.45, 7) is -0.238. The van der Waals surface area contributed by atoms with Crippen LogP contribution in [0.1, 0.15) is 5.56 Å². The summed E-state index contributed by atoms with van der Waals surface area (Å²) in [5, 5.41) is 0. The molecule has 0 saturated carbocycles. The molecule has 0 radical (unpaired) electrons. The van der Waals surface area contributed by atoms with E-state index in [1.54, 1.807) is 0 Å². The number of hydrogen-bond acceptors (Lipinski definition) is 4. The summed E-state index contributed by atoms with van der Waals surface area (Å²) in [5.74, 6) is -1.17. The summed E-state index contributed by atoms with van der Waals surface area (Å²) < 4.78 is 60.9. The van der Waals surface area contributed by atoms with Crippen LogP contribution in [0.25, 0.3) is 0 Å². The van der Waals surface area contributed by atoms with Gasteiger partial charge in [-0.3, -0.25) is 0 Å². The van der Waals surface area contributed by atoms with Crippen molar-refractivity contribution in [2.45, 2.75) is 10.8 Å². The van der Waals surface area contributed by atoms with E-state index in [4.69, 9.17) is 11.6 Å². The lowest BCUT2D eigenvalue weighted by molar-refractivity contribution is 0.476. The largest absolute Gasteiger partial charge is 0.245 e. The van der Waals surface area contributed by atoms with E-state index in [-0.39, 0.29) is 18.2 Å². The van der Waals surface area contributed by atoms with E-state index in [0.717, 1.165) is 22.7 Å². The van der Waals surface area contributed by atoms with Crippen molar-refractivity contribution in [2.75, 3.05) is 25.6 Å². The fourth-order valence-electron chi connectivity index (χ4n) is 1.42. The average Bonchev–Trinajstić information content (AvgIpc) is 2.34. The highest BCUT2D eigenvalue weighted by molar-refractivity contribution is 7.91. The van der Waals surface area contributed by atoms with Crippen LogP contribution in [0.2, 0.25) is 0 Å². The molecule has 9 heteroatoms. The van der Waals surface area contributed by atoms with Gasteiger partial charge in [-0.05, 0) is 17.7 Å². The van der Waals surface area contributed by atoms with Gasteiger partial charge < -0.3 is 0 Å². The van der Waals surface area contributed by atoms with E-state index >= 15 is 0 Å². The lowest BCUT2D eigenvalue weighted by Gasteiger charge is -2.17. The molecule has 1 aromatic carbocycles. The number of hydrogen-bond donors (Lipinski definition) is 0. The Bertz CT molecular complexity index is 688. The van der Waals surface area contributed by atoms with Crippen LogP contribution < -0.4 is 0 Å². The zero-order valence-corrected chi connectivity index (χ0v) is 13.4. The van der Waals surface area contributed by atoms with Crippen LogP contribution in [-0.2, 0) is 25.7 Å². The van der Waals surface area contributed by atoms with E-state index < -0.39 is 30.6 Å². The normalized spacial score (nSPS) is 12.8. The quantitative estimate of drug-likeness (QED) is 0.728. The van der Waals surface area contributed by atoms with Gasteiger partial charge in [0.25, 0.3) is 0 Å². The zero-order chi connectivity index (χ0) is 15.6. The predicted octanol–water partition coefficient (Wildman–Crippen LogP) is 1.23. The number of sulfone groups is 1. The molecule has 0 N–H and O–H groups in total. The summed E-state index contributed by atoms with van der Waals surface area (Å²) in [6.07, 6.45) is 1.00. The van der Waals surface area contributed by atoms with Gasteiger partial charge in [0.1, 0.15) is 20.5 Å². The van der Waals surface area contributed by atoms with Crippen molar-refractivity contribution in [2.24, 2.45) is 0 Å². The molecule has 0 unspecified atom stereocenters. The SMILES string of the molecule is CN(CCS(C)(=O)=O)S(=O)(=O)c1ccc(CCl)cc1F. The van der Waals surface area contributed by atoms with Crippen molar-refractivity contribution in [3.63, 3.8) is 0 Å². The Morgan fingerprint density at radius 1 is 1.25 bits per heavy atom. The van der Waals surface area contributed by atoms with Gasteiger partial charge in [-0.25, -0.2) is 21.2 Å². The van der Waals surface area contributed by atoms with Gasteiger partial charge in [0, 0.05) is 25.7 Å². The molecule has 114 valence electrons. The number of sulfonamides is 1. The molecule has 0 aliphatic carbocycles. The number of rotatable bonds is 6. The van der Waals surface area contributed by atoms with E-state index in [1.807, 2.05) is 0 Å². The fourth-order valence-corrected chi connectivity index (χ4v) is 3.52. The highest BCUT2D eigenvalue weighted by Crippen LogP contribution is 2.20. The molecule has 0 bridgehead atoms. The van der Waals surface area contributed by atoms with Crippen LogP contribution in [0.3, 0.4) is 0 Å². The molecule has 0 fully saturated rings. The minimum absolute atomic E-state index is 0.0706. The molecule has 20 heavy (non-hydrogen) atoms. The molecule has 0 aromatic heterocycles. The maximum absolute atomic E-state index is 13.8. The van der Waals surface area contributed by atoms with Crippen LogP contribution >= 0.6 is 11.6 Å². The number of alkyl halides is 1. The Labute approximate surface area is 123 Å². The molecule has 1 aromatic rings. The zero-order valence-electron chi connectivity index (χ0n) is 11.0. The van der Waals surface area contributed by atoms with Gasteiger partial charge in [-0.1, -0.05) is 6.07 Å². The van der Waals surface area contributed by atoms with Gasteiger partial charge in [0.15, 0.2) is 0 Å². The molecule has 0 atom stereocenters. The molecule has 0 spiro atoms. The van der Waals surface area contributed by atoms with Crippen LogP contribution in [0.15, 0.2) is 23.1 Å². The first kappa shape index (κ1) is 17.4. The van der Waals surface area contributed by atoms with Crippen molar-refractivity contribution in [3.05, 3.63) is 29.6 Å². The fraction of sp³-hybridized carbons (Fsp3) is 0.455. The number of benzene rings is 1. The molecule has 0 aliphatic rings. The molecule has 0 aliphatic heterocycles. The minimum Gasteiger partial charge on any atom is -0.229 e. The third-order valence-corrected chi connectivity index (χ3v) is 5.74. The predicted molar refractivity (Wildman–Crippen MR) is 75.5 cm³/mol. The van der Waals surface area contributed by atoms with Crippen LogP contribution in [0.5, 0.6) is 0 Å². The van der Waals surface area contributed by atoms with Gasteiger partial charge in [0.2, 0.25) is 10.0 Å². The lowest BCUT2D eigenvalue weighted by Crippen LogP contribution is -2.32. The van der Waals surface area contributed by atoms with Crippen molar-refractivity contribution >= 4 is 31.5 Å². The van der Waals surface area contributed by atoms with E-state index in [2.05, 4.69) is 0 Å². The molecule has 0 amide bonds. The first-order chi connectivity index (χ1) is 9.08. The van der Waals surface area contributed by atoms with Crippen molar-refractivity contribution in [3.8, 4) is 0 Å².